The lowest BCUT2D eigenvalue weighted by molar-refractivity contribution is -0.518. The number of nitrogens with two attached hydrogens (primary N) is 1. The van der Waals surface area contributed by atoms with Crippen molar-refractivity contribution in [1.82, 2.24) is 0 Å². The van der Waals surface area contributed by atoms with E-state index in [4.69, 9.17) is 5.73 Å². The molecule has 0 amide bonds. The third kappa shape index (κ3) is 3.53. The molecule has 20 heavy (non-hydrogen) atoms. The maximum Gasteiger partial charge on any atom is 0.339 e. The molecule has 0 aliphatic carbocycles. The number of anilines is 1. The Kier molecular flexibility index (Phi) is 5.19. The zero-order chi connectivity index (χ0) is 15.3. The van der Waals surface area contributed by atoms with Gasteiger partial charge in [-0.3, -0.25) is 14.9 Å². The molecule has 0 aromatic heterocycles. The van der Waals surface area contributed by atoms with Gasteiger partial charge in [-0.2, -0.15) is 0 Å². The summed E-state index contributed by atoms with van der Waals surface area (Å²) in [4.78, 5) is 33.5. The minimum absolute atomic E-state index is 0.00300. The highest BCUT2D eigenvalue weighted by atomic mass is 16.6. The summed E-state index contributed by atoms with van der Waals surface area (Å²) in [5, 5.41) is 10.5. The number of ketones is 1. The number of para-hydroxylation sites is 1. The minimum atomic E-state index is -0.802. The molecule has 0 aliphatic heterocycles. The van der Waals surface area contributed by atoms with Crippen molar-refractivity contribution in [2.24, 2.45) is 0 Å². The standard InChI is InChI=1S/C13H16N2O5/c1-8(15(18)19)6-7-11(16)9-4-3-5-10(12(9)14)13(17)20-2/h3-5,8H,6-7,14H2,1-2H3. The molecule has 1 aromatic carbocycles. The number of nitrogen functional groups attached to an aromatic ring is 1. The number of nitro groups is 1. The number of carbonyl (C=O) groups excluding carboxylic acids is 2. The summed E-state index contributed by atoms with van der Waals surface area (Å²) in [7, 11) is 1.22. The van der Waals surface area contributed by atoms with E-state index in [1.807, 2.05) is 0 Å². The van der Waals surface area contributed by atoms with Crippen molar-refractivity contribution < 1.29 is 19.2 Å². The Bertz CT molecular complexity index is 542. The van der Waals surface area contributed by atoms with Crippen LogP contribution in [0.4, 0.5) is 5.69 Å². The van der Waals surface area contributed by atoms with Crippen LogP contribution in [0.5, 0.6) is 0 Å². The molecule has 0 fully saturated rings. The van der Waals surface area contributed by atoms with Gasteiger partial charge in [0.25, 0.3) is 0 Å². The van der Waals surface area contributed by atoms with E-state index in [1.54, 1.807) is 0 Å². The van der Waals surface area contributed by atoms with Crippen LogP contribution in [-0.4, -0.2) is 29.8 Å². The molecule has 108 valence electrons. The fourth-order valence-corrected chi connectivity index (χ4v) is 1.68. The summed E-state index contributed by atoms with van der Waals surface area (Å²) < 4.78 is 4.56. The van der Waals surface area contributed by atoms with Crippen molar-refractivity contribution in [2.75, 3.05) is 12.8 Å². The summed E-state index contributed by atoms with van der Waals surface area (Å²) in [6, 6.07) is 3.66. The molecule has 1 aromatic rings. The van der Waals surface area contributed by atoms with E-state index in [-0.39, 0.29) is 35.4 Å². The molecule has 0 saturated heterocycles. The lowest BCUT2D eigenvalue weighted by atomic mass is 10.00. The average Bonchev–Trinajstić information content (AvgIpc) is 2.43. The molecular formula is C13H16N2O5. The molecule has 1 atom stereocenters. The average molecular weight is 280 g/mol. The first kappa shape index (κ1) is 15.6. The number of hydrogen-bond acceptors (Lipinski definition) is 6. The van der Waals surface area contributed by atoms with Gasteiger partial charge >= 0.3 is 5.97 Å². The van der Waals surface area contributed by atoms with Crippen LogP contribution in [0.25, 0.3) is 0 Å². The molecular weight excluding hydrogens is 264 g/mol. The Balaban J connectivity index is 2.89. The van der Waals surface area contributed by atoms with Crippen molar-refractivity contribution in [3.05, 3.63) is 39.4 Å². The zero-order valence-corrected chi connectivity index (χ0v) is 11.3. The van der Waals surface area contributed by atoms with Crippen LogP contribution in [-0.2, 0) is 4.74 Å². The van der Waals surface area contributed by atoms with Gasteiger partial charge in [-0.1, -0.05) is 6.07 Å². The molecule has 0 aliphatic rings. The second-order valence-corrected chi connectivity index (χ2v) is 4.35. The Hall–Kier alpha value is -2.44. The van der Waals surface area contributed by atoms with Crippen LogP contribution in [0.1, 0.15) is 40.5 Å². The van der Waals surface area contributed by atoms with Crippen molar-refractivity contribution >= 4 is 17.4 Å². The number of Topliss-reactive ketones (excluding diaryl/α,β-unsaturated/α-hetero) is 1. The summed E-state index contributed by atoms with van der Waals surface area (Å²) in [6.07, 6.45) is 0.116. The Morgan fingerprint density at radius 3 is 2.55 bits per heavy atom. The summed E-state index contributed by atoms with van der Waals surface area (Å²) in [6.45, 7) is 1.43. The predicted octanol–water partition coefficient (Wildman–Crippen LogP) is 1.68. The van der Waals surface area contributed by atoms with Crippen LogP contribution in [0.3, 0.4) is 0 Å². The third-order valence-corrected chi connectivity index (χ3v) is 2.96. The van der Waals surface area contributed by atoms with Gasteiger partial charge in [0.2, 0.25) is 6.04 Å². The number of rotatable bonds is 6. The summed E-state index contributed by atoms with van der Waals surface area (Å²) in [5.74, 6) is -0.960. The van der Waals surface area contributed by atoms with E-state index < -0.39 is 16.9 Å². The van der Waals surface area contributed by atoms with Gasteiger partial charge in [-0.15, -0.1) is 0 Å². The number of benzene rings is 1. The van der Waals surface area contributed by atoms with E-state index >= 15 is 0 Å². The summed E-state index contributed by atoms with van der Waals surface area (Å²) in [5.41, 5.74) is 6.11. The largest absolute Gasteiger partial charge is 0.465 e. The molecule has 1 unspecified atom stereocenters. The number of nitrogens with zero attached hydrogens (tertiary/aromatic N) is 1. The van der Waals surface area contributed by atoms with E-state index in [1.165, 1.54) is 32.2 Å². The van der Waals surface area contributed by atoms with E-state index in [0.29, 0.717) is 0 Å². The zero-order valence-electron chi connectivity index (χ0n) is 11.3. The van der Waals surface area contributed by atoms with Crippen molar-refractivity contribution in [1.29, 1.82) is 0 Å². The van der Waals surface area contributed by atoms with Gasteiger partial charge in [-0.05, 0) is 12.1 Å². The molecule has 0 radical (unpaired) electrons. The second-order valence-electron chi connectivity index (χ2n) is 4.35. The highest BCUT2D eigenvalue weighted by Gasteiger charge is 2.20. The molecule has 1 rings (SSSR count). The van der Waals surface area contributed by atoms with Gasteiger partial charge in [0.15, 0.2) is 5.78 Å². The first-order valence-corrected chi connectivity index (χ1v) is 6.02. The van der Waals surface area contributed by atoms with Crippen LogP contribution < -0.4 is 5.73 Å². The SMILES string of the molecule is COC(=O)c1cccc(C(=O)CCC(C)[N+](=O)[O-])c1N. The molecule has 0 bridgehead atoms. The fourth-order valence-electron chi connectivity index (χ4n) is 1.68. The molecule has 7 nitrogen and oxygen atoms in total. The Morgan fingerprint density at radius 2 is 2.00 bits per heavy atom. The maximum atomic E-state index is 12.0. The van der Waals surface area contributed by atoms with Gasteiger partial charge < -0.3 is 10.5 Å². The minimum Gasteiger partial charge on any atom is -0.465 e. The van der Waals surface area contributed by atoms with E-state index in [2.05, 4.69) is 4.74 Å². The predicted molar refractivity (Wildman–Crippen MR) is 72.2 cm³/mol. The van der Waals surface area contributed by atoms with Crippen LogP contribution in [0, 0.1) is 10.1 Å². The number of carbonyl (C=O) groups is 2. The smallest absolute Gasteiger partial charge is 0.339 e. The fraction of sp³-hybridized carbons (Fsp3) is 0.385. The number of esters is 1. The monoisotopic (exact) mass is 280 g/mol. The normalized spacial score (nSPS) is 11.7. The quantitative estimate of drug-likeness (QED) is 0.279. The molecule has 0 saturated carbocycles. The highest BCUT2D eigenvalue weighted by molar-refractivity contribution is 6.06. The first-order valence-electron chi connectivity index (χ1n) is 6.02. The lowest BCUT2D eigenvalue weighted by Gasteiger charge is -2.09. The maximum absolute atomic E-state index is 12.0. The summed E-state index contributed by atoms with van der Waals surface area (Å²) >= 11 is 0. The van der Waals surface area contributed by atoms with Crippen molar-refractivity contribution in [3.8, 4) is 0 Å². The van der Waals surface area contributed by atoms with Gasteiger partial charge in [0, 0.05) is 30.3 Å². The second kappa shape index (κ2) is 6.65. The number of methoxy groups -OCH3 is 1. The molecule has 7 heteroatoms. The van der Waals surface area contributed by atoms with Gasteiger partial charge in [0.05, 0.1) is 18.4 Å². The molecule has 0 heterocycles. The lowest BCUT2D eigenvalue weighted by Crippen LogP contribution is -2.17. The highest BCUT2D eigenvalue weighted by Crippen LogP contribution is 2.21. The van der Waals surface area contributed by atoms with Crippen LogP contribution in [0.15, 0.2) is 18.2 Å². The van der Waals surface area contributed by atoms with Crippen molar-refractivity contribution in [3.63, 3.8) is 0 Å². The topological polar surface area (TPSA) is 113 Å². The van der Waals surface area contributed by atoms with Crippen molar-refractivity contribution in [2.45, 2.75) is 25.8 Å². The Morgan fingerprint density at radius 1 is 1.40 bits per heavy atom. The van der Waals surface area contributed by atoms with E-state index in [9.17, 15) is 19.7 Å². The number of hydrogen-bond donors (Lipinski definition) is 1. The molecule has 0 spiro atoms. The van der Waals surface area contributed by atoms with Gasteiger partial charge in [0.1, 0.15) is 0 Å². The number of ether oxygens (including phenoxy) is 1. The Labute approximate surface area is 115 Å². The van der Waals surface area contributed by atoms with Gasteiger partial charge in [-0.25, -0.2) is 4.79 Å². The third-order valence-electron chi connectivity index (χ3n) is 2.96. The van der Waals surface area contributed by atoms with Crippen LogP contribution in [0.2, 0.25) is 0 Å². The van der Waals surface area contributed by atoms with Crippen LogP contribution >= 0.6 is 0 Å². The van der Waals surface area contributed by atoms with E-state index in [0.717, 1.165) is 0 Å². The first-order chi connectivity index (χ1) is 9.38. The molecule has 2 N–H and O–H groups in total.